The number of ether oxygens (including phenoxy) is 1. The fourth-order valence-electron chi connectivity index (χ4n) is 6.63. The van der Waals surface area contributed by atoms with Gasteiger partial charge >= 0.3 is 6.09 Å². The largest absolute Gasteiger partial charge is 0.444 e. The fraction of sp³-hybridized carbons (Fsp3) is 0.633. The van der Waals surface area contributed by atoms with Gasteiger partial charge in [0.15, 0.2) is 5.78 Å². The van der Waals surface area contributed by atoms with Gasteiger partial charge in [-0.05, 0) is 63.0 Å². The van der Waals surface area contributed by atoms with E-state index in [9.17, 15) is 24.0 Å². The summed E-state index contributed by atoms with van der Waals surface area (Å²) in [5.41, 5.74) is 6.73. The number of hydrogen-bond acceptors (Lipinski definition) is 6. The fourth-order valence-corrected chi connectivity index (χ4v) is 7.46. The maximum Gasteiger partial charge on any atom is 0.408 e. The number of nitrogens with two attached hydrogens (primary N) is 1. The molecule has 1 heterocycles. The van der Waals surface area contributed by atoms with E-state index in [4.69, 9.17) is 33.7 Å². The number of benzene rings is 1. The smallest absolute Gasteiger partial charge is 0.408 e. The number of nitrogens with zero attached hydrogens (tertiary/aromatic N) is 1. The van der Waals surface area contributed by atoms with Crippen LogP contribution < -0.4 is 11.1 Å². The van der Waals surface area contributed by atoms with Crippen molar-refractivity contribution in [2.45, 2.75) is 81.3 Å². The molecule has 3 amide bonds. The second-order valence-electron chi connectivity index (χ2n) is 13.1. The van der Waals surface area contributed by atoms with Crippen LogP contribution in [0.3, 0.4) is 0 Å². The minimum atomic E-state index is -1.17. The maximum atomic E-state index is 14.3. The van der Waals surface area contributed by atoms with Crippen LogP contribution in [0.15, 0.2) is 24.3 Å². The number of hydrogen-bond donors (Lipinski definition) is 2. The van der Waals surface area contributed by atoms with E-state index in [1.807, 2.05) is 24.3 Å². The first-order chi connectivity index (χ1) is 19.2. The molecule has 222 valence electrons. The molecule has 0 spiro atoms. The number of fused-ring (bicyclic) bond motifs is 2. The average Bonchev–Trinajstić information content (AvgIpc) is 3.63. The van der Waals surface area contributed by atoms with E-state index >= 15 is 0 Å². The lowest BCUT2D eigenvalue weighted by molar-refractivity contribution is -0.143. The van der Waals surface area contributed by atoms with Gasteiger partial charge in [0.25, 0.3) is 5.91 Å². The van der Waals surface area contributed by atoms with Gasteiger partial charge in [-0.3, -0.25) is 19.2 Å². The first-order valence-electron chi connectivity index (χ1n) is 14.3. The van der Waals surface area contributed by atoms with Gasteiger partial charge in [-0.15, -0.1) is 23.2 Å². The molecule has 4 aliphatic rings. The van der Waals surface area contributed by atoms with Crippen molar-refractivity contribution in [1.82, 2.24) is 10.2 Å². The quantitative estimate of drug-likeness (QED) is 0.310. The van der Waals surface area contributed by atoms with E-state index in [1.54, 1.807) is 20.8 Å². The van der Waals surface area contributed by atoms with Crippen LogP contribution >= 0.6 is 23.2 Å². The first-order valence-corrected chi connectivity index (χ1v) is 15.0. The minimum absolute atomic E-state index is 0.149. The SMILES string of the molecule is CC(C)(C)OC(=O)N[C@H](C(=O)N1C[C@H]2[C@@H]([C@H]1C(=O)CC(CC1CC1)C(=O)C(N)=O)C2(Cl)Cl)C1Cc2ccccc2C1. The molecule has 3 aliphatic carbocycles. The predicted molar refractivity (Wildman–Crippen MR) is 152 cm³/mol. The van der Waals surface area contributed by atoms with Gasteiger partial charge in [0.1, 0.15) is 16.0 Å². The Morgan fingerprint density at radius 1 is 1.10 bits per heavy atom. The van der Waals surface area contributed by atoms with E-state index in [0.717, 1.165) is 24.0 Å². The summed E-state index contributed by atoms with van der Waals surface area (Å²) in [4.78, 5) is 66.8. The van der Waals surface area contributed by atoms with Crippen molar-refractivity contribution in [2.24, 2.45) is 35.3 Å². The number of primary amides is 1. The van der Waals surface area contributed by atoms with Crippen molar-refractivity contribution in [2.75, 3.05) is 6.54 Å². The van der Waals surface area contributed by atoms with Crippen LogP contribution in [0.5, 0.6) is 0 Å². The highest BCUT2D eigenvalue weighted by molar-refractivity contribution is 6.51. The molecule has 1 saturated heterocycles. The van der Waals surface area contributed by atoms with Gasteiger partial charge in [0, 0.05) is 30.7 Å². The lowest BCUT2D eigenvalue weighted by atomic mass is 9.88. The normalized spacial score (nSPS) is 26.0. The topological polar surface area (TPSA) is 136 Å². The Balaban J connectivity index is 1.39. The molecule has 11 heteroatoms. The molecular formula is C30H37Cl2N3O6. The van der Waals surface area contributed by atoms with Crippen molar-refractivity contribution < 1.29 is 28.7 Å². The number of rotatable bonds is 10. The van der Waals surface area contributed by atoms with Crippen LogP contribution in [0.4, 0.5) is 4.79 Å². The molecule has 3 N–H and O–H groups in total. The van der Waals surface area contributed by atoms with E-state index < -0.39 is 57.5 Å². The molecule has 0 radical (unpaired) electrons. The number of amides is 3. The number of nitrogens with one attached hydrogen (secondary N) is 1. The maximum absolute atomic E-state index is 14.3. The van der Waals surface area contributed by atoms with Crippen molar-refractivity contribution in [3.63, 3.8) is 0 Å². The molecule has 1 aromatic carbocycles. The Morgan fingerprint density at radius 3 is 2.24 bits per heavy atom. The highest BCUT2D eigenvalue weighted by atomic mass is 35.5. The highest BCUT2D eigenvalue weighted by Crippen LogP contribution is 2.65. The molecule has 5 atom stereocenters. The van der Waals surface area contributed by atoms with Crippen LogP contribution in [0.25, 0.3) is 0 Å². The summed E-state index contributed by atoms with van der Waals surface area (Å²) in [6.45, 7) is 5.37. The van der Waals surface area contributed by atoms with Crippen LogP contribution in [-0.4, -0.2) is 62.9 Å². The lowest BCUT2D eigenvalue weighted by Gasteiger charge is -2.35. The zero-order valence-corrected chi connectivity index (χ0v) is 25.0. The number of carbonyl (C=O) groups is 5. The van der Waals surface area contributed by atoms with Crippen molar-refractivity contribution in [3.8, 4) is 0 Å². The summed E-state index contributed by atoms with van der Waals surface area (Å²) in [5, 5.41) is 2.80. The Labute approximate surface area is 249 Å². The van der Waals surface area contributed by atoms with Gasteiger partial charge in [-0.25, -0.2) is 4.79 Å². The van der Waals surface area contributed by atoms with Crippen LogP contribution in [0.1, 0.15) is 57.6 Å². The molecular weight excluding hydrogens is 569 g/mol. The zero-order valence-electron chi connectivity index (χ0n) is 23.5. The van der Waals surface area contributed by atoms with Gasteiger partial charge in [-0.1, -0.05) is 37.1 Å². The van der Waals surface area contributed by atoms with Gasteiger partial charge in [0.2, 0.25) is 11.7 Å². The number of ketones is 2. The summed E-state index contributed by atoms with van der Waals surface area (Å²) in [5.74, 6) is -4.28. The van der Waals surface area contributed by atoms with Crippen LogP contribution in [-0.2, 0) is 36.8 Å². The summed E-state index contributed by atoms with van der Waals surface area (Å²) in [6, 6.07) is 5.96. The van der Waals surface area contributed by atoms with Crippen molar-refractivity contribution in [1.29, 1.82) is 0 Å². The average molecular weight is 607 g/mol. The van der Waals surface area contributed by atoms with Crippen molar-refractivity contribution in [3.05, 3.63) is 35.4 Å². The molecule has 2 saturated carbocycles. The highest BCUT2D eigenvalue weighted by Gasteiger charge is 2.73. The number of alkyl halides is 2. The van der Waals surface area contributed by atoms with Crippen molar-refractivity contribution >= 4 is 52.7 Å². The third kappa shape index (κ3) is 6.26. The molecule has 1 aromatic rings. The van der Waals surface area contributed by atoms with E-state index in [2.05, 4.69) is 5.32 Å². The molecule has 41 heavy (non-hydrogen) atoms. The Kier molecular flexibility index (Phi) is 7.92. The monoisotopic (exact) mass is 605 g/mol. The predicted octanol–water partition coefficient (Wildman–Crippen LogP) is 3.36. The standard InChI is InChI=1S/C30H37Cl2N3O6/c1-29(2,3)41-28(40)34-23(18-11-16-6-4-5-7-17(16)12-18)27(39)35-14-20-22(30(20,31)32)24(35)21(36)13-19(10-15-8-9-15)25(37)26(33)38/h4-7,15,18-20,22-24H,8-14H2,1-3H3,(H2,33,38)(H,34,40)/t19?,20-,22-,23-,24+/m0/s1. The number of halogens is 2. The third-order valence-electron chi connectivity index (χ3n) is 8.81. The van der Waals surface area contributed by atoms with Crippen LogP contribution in [0.2, 0.25) is 0 Å². The molecule has 9 nitrogen and oxygen atoms in total. The number of carbonyl (C=O) groups excluding carboxylic acids is 5. The van der Waals surface area contributed by atoms with Crippen LogP contribution in [0, 0.1) is 29.6 Å². The molecule has 5 rings (SSSR count). The summed E-state index contributed by atoms with van der Waals surface area (Å²) in [7, 11) is 0. The summed E-state index contributed by atoms with van der Waals surface area (Å²) in [6.07, 6.45) is 2.48. The Hall–Kier alpha value is -2.65. The number of Topliss-reactive ketones (excluding diaryl/α,β-unsaturated/α-hetero) is 2. The molecule has 1 aliphatic heterocycles. The second-order valence-corrected chi connectivity index (χ2v) is 14.5. The van der Waals surface area contributed by atoms with E-state index in [-0.39, 0.29) is 36.5 Å². The Bertz CT molecular complexity index is 1250. The zero-order chi connectivity index (χ0) is 29.9. The molecule has 0 bridgehead atoms. The number of likely N-dealkylation sites (tertiary alicyclic amines) is 1. The lowest BCUT2D eigenvalue weighted by Crippen LogP contribution is -2.57. The first kappa shape index (κ1) is 29.8. The Morgan fingerprint density at radius 2 is 1.71 bits per heavy atom. The second kappa shape index (κ2) is 10.9. The van der Waals surface area contributed by atoms with Gasteiger partial charge < -0.3 is 20.7 Å². The minimum Gasteiger partial charge on any atom is -0.444 e. The van der Waals surface area contributed by atoms with E-state index in [1.165, 1.54) is 4.90 Å². The third-order valence-corrected chi connectivity index (χ3v) is 9.88. The molecule has 1 unspecified atom stereocenters. The van der Waals surface area contributed by atoms with Gasteiger partial charge in [0.05, 0.1) is 6.04 Å². The number of piperidine rings is 1. The van der Waals surface area contributed by atoms with E-state index in [0.29, 0.717) is 19.3 Å². The summed E-state index contributed by atoms with van der Waals surface area (Å²) >= 11 is 13.1. The number of alkyl carbamates (subject to hydrolysis) is 1. The summed E-state index contributed by atoms with van der Waals surface area (Å²) < 4.78 is 4.32. The van der Waals surface area contributed by atoms with Gasteiger partial charge in [-0.2, -0.15) is 0 Å². The molecule has 0 aromatic heterocycles. The molecule has 3 fully saturated rings.